The van der Waals surface area contributed by atoms with Gasteiger partial charge in [0.1, 0.15) is 11.6 Å². The average Bonchev–Trinajstić information content (AvgIpc) is 2.55. The molecule has 0 bridgehead atoms. The van der Waals surface area contributed by atoms with Crippen LogP contribution in [0.25, 0.3) is 10.9 Å². The van der Waals surface area contributed by atoms with Crippen LogP contribution in [0.15, 0.2) is 65.6 Å². The van der Waals surface area contributed by atoms with Gasteiger partial charge in [-0.15, -0.1) is 0 Å². The number of sulfonamides is 1. The van der Waals surface area contributed by atoms with Crippen molar-refractivity contribution in [2.24, 2.45) is 0 Å². The topological polar surface area (TPSA) is 68.3 Å². The number of nitrogens with one attached hydrogen (secondary N) is 1. The van der Waals surface area contributed by atoms with Crippen LogP contribution in [0.4, 0.5) is 5.82 Å². The first kappa shape index (κ1) is 14.3. The predicted octanol–water partition coefficient (Wildman–Crippen LogP) is 3.04. The molecule has 0 saturated heterocycles. The second kappa shape index (κ2) is 5.65. The van der Waals surface area contributed by atoms with Crippen LogP contribution < -0.4 is 9.46 Å². The molecule has 0 atom stereocenters. The minimum atomic E-state index is -3.63. The molecule has 0 fully saturated rings. The molecular weight excluding hydrogens is 300 g/mol. The molecular formula is C16H14N2O3S. The molecule has 2 aromatic carbocycles. The highest BCUT2D eigenvalue weighted by Gasteiger charge is 2.14. The molecule has 0 saturated carbocycles. The van der Waals surface area contributed by atoms with Crippen molar-refractivity contribution in [3.63, 3.8) is 0 Å². The second-order valence-corrected chi connectivity index (χ2v) is 6.36. The van der Waals surface area contributed by atoms with Crippen molar-refractivity contribution in [1.82, 2.24) is 4.98 Å². The molecule has 5 nitrogen and oxygen atoms in total. The highest BCUT2D eigenvalue weighted by Crippen LogP contribution is 2.22. The molecule has 6 heteroatoms. The van der Waals surface area contributed by atoms with Gasteiger partial charge in [-0.25, -0.2) is 13.4 Å². The Bertz CT molecular complexity index is 909. The van der Waals surface area contributed by atoms with Crippen molar-refractivity contribution < 1.29 is 13.2 Å². The Balaban J connectivity index is 1.94. The molecule has 1 N–H and O–H groups in total. The van der Waals surface area contributed by atoms with Crippen molar-refractivity contribution in [2.75, 3.05) is 11.8 Å². The van der Waals surface area contributed by atoms with Crippen molar-refractivity contribution >= 4 is 26.7 Å². The normalized spacial score (nSPS) is 11.3. The van der Waals surface area contributed by atoms with Gasteiger partial charge in [-0.3, -0.25) is 4.72 Å². The number of ether oxygens (including phenoxy) is 1. The molecule has 1 aromatic heterocycles. The first-order valence-corrected chi connectivity index (χ1v) is 8.09. The summed E-state index contributed by atoms with van der Waals surface area (Å²) in [6, 6.07) is 17.0. The van der Waals surface area contributed by atoms with Gasteiger partial charge in [0.25, 0.3) is 10.0 Å². The largest absolute Gasteiger partial charge is 0.497 e. The van der Waals surface area contributed by atoms with Crippen LogP contribution >= 0.6 is 0 Å². The number of methoxy groups -OCH3 is 1. The number of aromatic nitrogens is 1. The fourth-order valence-electron chi connectivity index (χ4n) is 2.08. The number of anilines is 1. The molecule has 0 unspecified atom stereocenters. The molecule has 112 valence electrons. The van der Waals surface area contributed by atoms with E-state index in [0.717, 1.165) is 11.1 Å². The Hall–Kier alpha value is -2.60. The molecule has 0 radical (unpaired) electrons. The van der Waals surface area contributed by atoms with Crippen LogP contribution in [-0.2, 0) is 10.0 Å². The molecule has 3 rings (SSSR count). The van der Waals surface area contributed by atoms with Crippen molar-refractivity contribution in [2.45, 2.75) is 4.90 Å². The van der Waals surface area contributed by atoms with E-state index in [4.69, 9.17) is 4.74 Å². The van der Waals surface area contributed by atoms with Gasteiger partial charge < -0.3 is 4.74 Å². The number of hydrogen-bond acceptors (Lipinski definition) is 4. The maximum absolute atomic E-state index is 12.3. The molecule has 3 aromatic rings. The summed E-state index contributed by atoms with van der Waals surface area (Å²) in [5.74, 6) is 1.01. The summed E-state index contributed by atoms with van der Waals surface area (Å²) in [4.78, 5) is 4.52. The lowest BCUT2D eigenvalue weighted by molar-refractivity contribution is 0.415. The second-order valence-electron chi connectivity index (χ2n) is 4.67. The Morgan fingerprint density at radius 2 is 1.77 bits per heavy atom. The van der Waals surface area contributed by atoms with E-state index in [1.54, 1.807) is 49.6 Å². The third kappa shape index (κ3) is 2.87. The van der Waals surface area contributed by atoms with Gasteiger partial charge in [0, 0.05) is 5.39 Å². The molecule has 0 spiro atoms. The summed E-state index contributed by atoms with van der Waals surface area (Å²) in [7, 11) is -2.04. The quantitative estimate of drug-likeness (QED) is 0.803. The highest BCUT2D eigenvalue weighted by molar-refractivity contribution is 7.92. The van der Waals surface area contributed by atoms with Crippen LogP contribution in [0.1, 0.15) is 0 Å². The van der Waals surface area contributed by atoms with Crippen LogP contribution in [0.3, 0.4) is 0 Å². The maximum Gasteiger partial charge on any atom is 0.263 e. The summed E-state index contributed by atoms with van der Waals surface area (Å²) in [5, 5.41) is 0.877. The van der Waals surface area contributed by atoms with Gasteiger partial charge >= 0.3 is 0 Å². The zero-order chi connectivity index (χ0) is 15.6. The monoisotopic (exact) mass is 314 g/mol. The van der Waals surface area contributed by atoms with Crippen molar-refractivity contribution in [1.29, 1.82) is 0 Å². The first-order valence-electron chi connectivity index (χ1n) is 6.61. The van der Waals surface area contributed by atoms with E-state index in [9.17, 15) is 8.42 Å². The first-order chi connectivity index (χ1) is 10.6. The summed E-state index contributed by atoms with van der Waals surface area (Å²) in [5.41, 5.74) is 0.689. The third-order valence-electron chi connectivity index (χ3n) is 3.19. The zero-order valence-electron chi connectivity index (χ0n) is 11.9. The van der Waals surface area contributed by atoms with E-state index < -0.39 is 10.0 Å². The van der Waals surface area contributed by atoms with Gasteiger partial charge in [-0.2, -0.15) is 0 Å². The number of rotatable bonds is 4. The minimum absolute atomic E-state index is 0.201. The Morgan fingerprint density at radius 3 is 2.50 bits per heavy atom. The number of benzene rings is 2. The molecule has 22 heavy (non-hydrogen) atoms. The molecule has 0 aliphatic heterocycles. The van der Waals surface area contributed by atoms with Crippen molar-refractivity contribution in [3.05, 3.63) is 60.7 Å². The summed E-state index contributed by atoms with van der Waals surface area (Å²) in [6.45, 7) is 0. The smallest absolute Gasteiger partial charge is 0.263 e. The average molecular weight is 314 g/mol. The third-order valence-corrected chi connectivity index (χ3v) is 4.56. The van der Waals surface area contributed by atoms with Gasteiger partial charge in [0.05, 0.1) is 17.5 Å². The van der Waals surface area contributed by atoms with E-state index in [1.807, 2.05) is 6.07 Å². The summed E-state index contributed by atoms with van der Waals surface area (Å²) in [6.07, 6.45) is 0. The number of fused-ring (bicyclic) bond motifs is 1. The summed E-state index contributed by atoms with van der Waals surface area (Å²) >= 11 is 0. The number of nitrogens with zero attached hydrogens (tertiary/aromatic N) is 1. The fourth-order valence-corrected chi connectivity index (χ4v) is 3.11. The van der Waals surface area contributed by atoms with Crippen molar-refractivity contribution in [3.8, 4) is 5.75 Å². The predicted molar refractivity (Wildman–Crippen MR) is 85.5 cm³/mol. The van der Waals surface area contributed by atoms with Crippen LogP contribution in [0, 0.1) is 0 Å². The van der Waals surface area contributed by atoms with Crippen LogP contribution in [0.2, 0.25) is 0 Å². The van der Waals surface area contributed by atoms with E-state index in [1.165, 1.54) is 12.1 Å². The Labute approximate surface area is 128 Å². The highest BCUT2D eigenvalue weighted by atomic mass is 32.2. The van der Waals surface area contributed by atoms with E-state index in [-0.39, 0.29) is 10.7 Å². The van der Waals surface area contributed by atoms with Gasteiger partial charge in [0.15, 0.2) is 0 Å². The van der Waals surface area contributed by atoms with Crippen LogP contribution in [0.5, 0.6) is 5.75 Å². The molecule has 1 heterocycles. The standard InChI is InChI=1S/C16H14N2O3S/c1-21-13-8-9-15-12(11-13)7-10-16(17-15)18-22(19,20)14-5-3-2-4-6-14/h2-11H,1H3,(H,17,18). The summed E-state index contributed by atoms with van der Waals surface area (Å²) < 4.78 is 32.2. The number of hydrogen-bond donors (Lipinski definition) is 1. The SMILES string of the molecule is COc1ccc2nc(NS(=O)(=O)c3ccccc3)ccc2c1. The minimum Gasteiger partial charge on any atom is -0.497 e. The maximum atomic E-state index is 12.3. The Kier molecular flexibility index (Phi) is 3.68. The lowest BCUT2D eigenvalue weighted by atomic mass is 10.2. The molecule has 0 aliphatic rings. The number of pyridine rings is 1. The molecule has 0 amide bonds. The lowest BCUT2D eigenvalue weighted by Crippen LogP contribution is -2.13. The van der Waals surface area contributed by atoms with Gasteiger partial charge in [-0.1, -0.05) is 18.2 Å². The van der Waals surface area contributed by atoms with E-state index in [0.29, 0.717) is 5.52 Å². The Morgan fingerprint density at radius 1 is 1.00 bits per heavy atom. The zero-order valence-corrected chi connectivity index (χ0v) is 12.7. The lowest BCUT2D eigenvalue weighted by Gasteiger charge is -2.08. The van der Waals surface area contributed by atoms with Crippen LogP contribution in [-0.4, -0.2) is 20.5 Å². The van der Waals surface area contributed by atoms with Gasteiger partial charge in [0.2, 0.25) is 0 Å². The molecule has 0 aliphatic carbocycles. The fraction of sp³-hybridized carbons (Fsp3) is 0.0625. The van der Waals surface area contributed by atoms with E-state index in [2.05, 4.69) is 9.71 Å². The van der Waals surface area contributed by atoms with Gasteiger partial charge in [-0.05, 0) is 42.5 Å². The van der Waals surface area contributed by atoms with E-state index >= 15 is 0 Å².